The summed E-state index contributed by atoms with van der Waals surface area (Å²) in [5.41, 5.74) is 1.52. The maximum absolute atomic E-state index is 2.51. The Labute approximate surface area is 111 Å². The first-order valence-electron chi connectivity index (χ1n) is 6.81. The molecule has 0 bridgehead atoms. The quantitative estimate of drug-likeness (QED) is 0.669. The van der Waals surface area contributed by atoms with Crippen molar-refractivity contribution in [3.05, 3.63) is 64.8 Å². The van der Waals surface area contributed by atoms with Crippen LogP contribution in [0.15, 0.2) is 64.8 Å². The molecule has 1 aromatic carbocycles. The maximum Gasteiger partial charge on any atom is 0.0221 e. The summed E-state index contributed by atoms with van der Waals surface area (Å²) in [6.07, 6.45) is 9.77. The van der Waals surface area contributed by atoms with E-state index in [1.807, 2.05) is 0 Å². The molecule has 0 aromatic heterocycles. The zero-order chi connectivity index (χ0) is 12.5. The van der Waals surface area contributed by atoms with Crippen LogP contribution in [0.4, 0.5) is 0 Å². The third-order valence-electron chi connectivity index (χ3n) is 3.77. The second kappa shape index (κ2) is 4.86. The second-order valence-corrected chi connectivity index (χ2v) is 7.15. The van der Waals surface area contributed by atoms with Crippen LogP contribution in [-0.4, -0.2) is 0 Å². The van der Waals surface area contributed by atoms with E-state index in [0.717, 1.165) is 6.42 Å². The van der Waals surface area contributed by atoms with Gasteiger partial charge in [-0.2, -0.15) is 0 Å². The Kier molecular flexibility index (Phi) is 3.22. The first-order valence-corrected chi connectivity index (χ1v) is 8.15. The molecule has 3 rings (SSSR count). The fourth-order valence-corrected chi connectivity index (χ4v) is 5.63. The number of rotatable bonds is 3. The molecule has 2 unspecified atom stereocenters. The third-order valence-corrected chi connectivity index (χ3v) is 6.57. The summed E-state index contributed by atoms with van der Waals surface area (Å²) >= 11 is 0. The lowest BCUT2D eigenvalue weighted by molar-refractivity contribution is 1.05. The molecule has 1 aliphatic carbocycles. The van der Waals surface area contributed by atoms with Crippen LogP contribution >= 0.6 is 7.92 Å². The molecule has 0 nitrogen and oxygen atoms in total. The highest BCUT2D eigenvalue weighted by Crippen LogP contribution is 2.63. The summed E-state index contributed by atoms with van der Waals surface area (Å²) in [6, 6.07) is 11.0. The van der Waals surface area contributed by atoms with Crippen molar-refractivity contribution in [1.29, 1.82) is 0 Å². The summed E-state index contributed by atoms with van der Waals surface area (Å²) < 4.78 is 0. The minimum Gasteiger partial charge on any atom is -0.0699 e. The highest BCUT2D eigenvalue weighted by atomic mass is 31.1. The van der Waals surface area contributed by atoms with E-state index in [-0.39, 0.29) is 7.92 Å². The molecule has 0 amide bonds. The van der Waals surface area contributed by atoms with Crippen LogP contribution in [0, 0.1) is 5.92 Å². The summed E-state index contributed by atoms with van der Waals surface area (Å²) in [4.78, 5) is 0. The van der Waals surface area contributed by atoms with Crippen LogP contribution in [0.2, 0.25) is 0 Å². The van der Waals surface area contributed by atoms with Crippen molar-refractivity contribution in [2.75, 3.05) is 0 Å². The molecule has 2 atom stereocenters. The molecule has 92 valence electrons. The summed E-state index contributed by atoms with van der Waals surface area (Å²) in [7, 11) is -0.206. The zero-order valence-electron chi connectivity index (χ0n) is 11.1. The van der Waals surface area contributed by atoms with E-state index < -0.39 is 0 Å². The Morgan fingerprint density at radius 1 is 1.00 bits per heavy atom. The number of hydrogen-bond donors (Lipinski definition) is 0. The Morgan fingerprint density at radius 2 is 1.78 bits per heavy atom. The molecule has 0 N–H and O–H groups in total. The fourth-order valence-electron chi connectivity index (χ4n) is 2.83. The van der Waals surface area contributed by atoms with Gasteiger partial charge in [0.15, 0.2) is 0 Å². The Bertz CT molecular complexity index is 534. The molecule has 18 heavy (non-hydrogen) atoms. The number of allylic oxidation sites excluding steroid dienone is 6. The normalized spacial score (nSPS) is 25.6. The molecule has 0 fully saturated rings. The van der Waals surface area contributed by atoms with Crippen LogP contribution < -0.4 is 5.30 Å². The van der Waals surface area contributed by atoms with Crippen LogP contribution in [-0.2, 0) is 0 Å². The third kappa shape index (κ3) is 1.89. The second-order valence-electron chi connectivity index (χ2n) is 4.87. The first-order chi connectivity index (χ1) is 8.83. The van der Waals surface area contributed by atoms with Crippen molar-refractivity contribution in [2.45, 2.75) is 26.7 Å². The lowest BCUT2D eigenvalue weighted by Crippen LogP contribution is -2.01. The average Bonchev–Trinajstić information content (AvgIpc) is 2.95. The van der Waals surface area contributed by atoms with Crippen LogP contribution in [0.3, 0.4) is 0 Å². The van der Waals surface area contributed by atoms with Gasteiger partial charge >= 0.3 is 0 Å². The van der Waals surface area contributed by atoms with E-state index in [2.05, 4.69) is 62.4 Å². The van der Waals surface area contributed by atoms with Crippen molar-refractivity contribution in [3.8, 4) is 0 Å². The van der Waals surface area contributed by atoms with Gasteiger partial charge in [0.05, 0.1) is 0 Å². The van der Waals surface area contributed by atoms with Crippen molar-refractivity contribution in [1.82, 2.24) is 0 Å². The minimum atomic E-state index is -0.206. The molecule has 0 spiro atoms. The maximum atomic E-state index is 2.51. The molecule has 0 saturated heterocycles. The van der Waals surface area contributed by atoms with E-state index in [0.29, 0.717) is 5.92 Å². The fraction of sp³-hybridized carbons (Fsp3) is 0.294. The van der Waals surface area contributed by atoms with E-state index in [4.69, 9.17) is 0 Å². The Hall–Kier alpha value is -1.13. The van der Waals surface area contributed by atoms with Crippen molar-refractivity contribution in [2.24, 2.45) is 5.92 Å². The zero-order valence-corrected chi connectivity index (χ0v) is 12.0. The summed E-state index contributed by atoms with van der Waals surface area (Å²) in [5.74, 6) is 0.598. The van der Waals surface area contributed by atoms with Gasteiger partial charge in [-0.3, -0.25) is 0 Å². The van der Waals surface area contributed by atoms with Crippen molar-refractivity contribution >= 4 is 13.2 Å². The Morgan fingerprint density at radius 3 is 2.44 bits per heavy atom. The first kappa shape index (κ1) is 11.9. The molecule has 0 saturated carbocycles. The largest absolute Gasteiger partial charge is 0.0699 e. The average molecular weight is 254 g/mol. The topological polar surface area (TPSA) is 0 Å². The highest BCUT2D eigenvalue weighted by molar-refractivity contribution is 7.74. The molecule has 0 radical (unpaired) electrons. The number of hydrogen-bond acceptors (Lipinski definition) is 0. The smallest absolute Gasteiger partial charge is 0.0221 e. The molecule has 1 aliphatic heterocycles. The number of fused-ring (bicyclic) bond motifs is 1. The Balaban J connectivity index is 2.01. The van der Waals surface area contributed by atoms with Crippen LogP contribution in [0.1, 0.15) is 26.7 Å². The molecule has 2 aliphatic rings. The summed E-state index contributed by atoms with van der Waals surface area (Å²) in [5, 5.41) is 4.82. The standard InChI is InChI=1S/C17H19P/c1-3-13-10-14-12-15(4-2)18(17(14)11-13)16-8-6-5-7-9-16/h5-12,14H,3-4H2,1-2H3. The summed E-state index contributed by atoms with van der Waals surface area (Å²) in [6.45, 7) is 4.54. The predicted molar refractivity (Wildman–Crippen MR) is 81.3 cm³/mol. The van der Waals surface area contributed by atoms with Gasteiger partial charge in [-0.05, 0) is 36.7 Å². The number of benzene rings is 1. The molecule has 1 heteroatoms. The van der Waals surface area contributed by atoms with Gasteiger partial charge in [-0.15, -0.1) is 0 Å². The van der Waals surface area contributed by atoms with E-state index in [9.17, 15) is 0 Å². The van der Waals surface area contributed by atoms with Crippen LogP contribution in [0.5, 0.6) is 0 Å². The van der Waals surface area contributed by atoms with Gasteiger partial charge < -0.3 is 0 Å². The van der Waals surface area contributed by atoms with Gasteiger partial charge in [0.1, 0.15) is 0 Å². The predicted octanol–water partition coefficient (Wildman–Crippen LogP) is 4.95. The lowest BCUT2D eigenvalue weighted by atomic mass is 10.1. The van der Waals surface area contributed by atoms with E-state index in [1.54, 1.807) is 10.6 Å². The van der Waals surface area contributed by atoms with Gasteiger partial charge in [0.2, 0.25) is 0 Å². The monoisotopic (exact) mass is 254 g/mol. The van der Waals surface area contributed by atoms with Crippen molar-refractivity contribution < 1.29 is 0 Å². The molecule has 1 heterocycles. The van der Waals surface area contributed by atoms with Gasteiger partial charge in [-0.1, -0.05) is 68.0 Å². The molecular weight excluding hydrogens is 235 g/mol. The SMILES string of the molecule is CCC1=CC2C=C(CC)P(c3ccccc3)C2=C1. The molecule has 1 aromatic rings. The van der Waals surface area contributed by atoms with Crippen LogP contribution in [0.25, 0.3) is 0 Å². The van der Waals surface area contributed by atoms with Gasteiger partial charge in [-0.25, -0.2) is 0 Å². The van der Waals surface area contributed by atoms with Gasteiger partial charge in [0.25, 0.3) is 0 Å². The van der Waals surface area contributed by atoms with E-state index in [1.165, 1.54) is 17.3 Å². The van der Waals surface area contributed by atoms with Crippen molar-refractivity contribution in [3.63, 3.8) is 0 Å². The minimum absolute atomic E-state index is 0.206. The van der Waals surface area contributed by atoms with Gasteiger partial charge in [0, 0.05) is 5.92 Å². The molecular formula is C17H19P. The highest BCUT2D eigenvalue weighted by Gasteiger charge is 2.33. The van der Waals surface area contributed by atoms with E-state index >= 15 is 0 Å². The lowest BCUT2D eigenvalue weighted by Gasteiger charge is -2.17.